The number of nitriles is 1. The smallest absolute Gasteiger partial charge is 0.232 e. The summed E-state index contributed by atoms with van der Waals surface area (Å²) in [6.07, 6.45) is 2.28. The Labute approximate surface area is 140 Å². The van der Waals surface area contributed by atoms with Crippen LogP contribution in [0, 0.1) is 23.7 Å². The van der Waals surface area contributed by atoms with Crippen LogP contribution >= 0.6 is 0 Å². The fourth-order valence-electron chi connectivity index (χ4n) is 2.23. The minimum atomic E-state index is -3.29. The Hall–Kier alpha value is -1.74. The Morgan fingerprint density at radius 1 is 1.26 bits per heavy atom. The number of hydrogen-bond donors (Lipinski definition) is 2. The molecule has 0 atom stereocenters. The van der Waals surface area contributed by atoms with Gasteiger partial charge in [-0.25, -0.2) is 8.42 Å². The van der Waals surface area contributed by atoms with Crippen molar-refractivity contribution in [3.63, 3.8) is 0 Å². The lowest BCUT2D eigenvalue weighted by molar-refractivity contribution is 0.441. The molecule has 0 spiro atoms. The van der Waals surface area contributed by atoms with Gasteiger partial charge in [0.1, 0.15) is 0 Å². The summed E-state index contributed by atoms with van der Waals surface area (Å²) in [6.45, 7) is 8.35. The van der Waals surface area contributed by atoms with Crippen molar-refractivity contribution in [3.8, 4) is 6.07 Å². The van der Waals surface area contributed by atoms with Crippen LogP contribution in [0.4, 0.5) is 11.4 Å². The van der Waals surface area contributed by atoms with Crippen molar-refractivity contribution in [2.75, 3.05) is 22.3 Å². The highest BCUT2D eigenvalue weighted by Gasteiger charge is 2.16. The van der Waals surface area contributed by atoms with Gasteiger partial charge >= 0.3 is 0 Å². The molecule has 1 aromatic carbocycles. The van der Waals surface area contributed by atoms with E-state index in [0.717, 1.165) is 30.6 Å². The first-order valence-corrected chi connectivity index (χ1v) is 9.61. The molecule has 1 aromatic rings. The van der Waals surface area contributed by atoms with Crippen LogP contribution < -0.4 is 10.0 Å². The van der Waals surface area contributed by atoms with Crippen molar-refractivity contribution in [2.24, 2.45) is 5.41 Å². The second-order valence-corrected chi connectivity index (χ2v) is 8.27. The van der Waals surface area contributed by atoms with Gasteiger partial charge in [0.25, 0.3) is 0 Å². The van der Waals surface area contributed by atoms with E-state index in [1.165, 1.54) is 0 Å². The van der Waals surface area contributed by atoms with Crippen LogP contribution in [0.3, 0.4) is 0 Å². The molecule has 0 aliphatic carbocycles. The zero-order valence-corrected chi connectivity index (χ0v) is 15.3. The lowest BCUT2D eigenvalue weighted by Crippen LogP contribution is -2.17. The number of hydrogen-bond acceptors (Lipinski definition) is 4. The van der Waals surface area contributed by atoms with Crippen molar-refractivity contribution in [3.05, 3.63) is 23.8 Å². The van der Waals surface area contributed by atoms with Gasteiger partial charge in [0.15, 0.2) is 0 Å². The third-order valence-electron chi connectivity index (χ3n) is 3.67. The average Bonchev–Trinajstić information content (AvgIpc) is 2.47. The van der Waals surface area contributed by atoms with Crippen molar-refractivity contribution < 1.29 is 8.42 Å². The molecule has 0 aliphatic rings. The van der Waals surface area contributed by atoms with Crippen LogP contribution in [0.1, 0.15) is 45.6 Å². The van der Waals surface area contributed by atoms with Crippen LogP contribution in [0.5, 0.6) is 0 Å². The van der Waals surface area contributed by atoms with Crippen LogP contribution in [-0.4, -0.2) is 20.7 Å². The molecule has 0 fully saturated rings. The largest absolute Gasteiger partial charge is 0.385 e. The molecule has 0 amide bonds. The lowest BCUT2D eigenvalue weighted by Gasteiger charge is -2.17. The van der Waals surface area contributed by atoms with Gasteiger partial charge in [-0.15, -0.1) is 0 Å². The number of rotatable bonds is 9. The van der Waals surface area contributed by atoms with Gasteiger partial charge in [-0.1, -0.05) is 13.0 Å². The van der Waals surface area contributed by atoms with E-state index in [4.69, 9.17) is 5.26 Å². The summed E-state index contributed by atoms with van der Waals surface area (Å²) in [6, 6.07) is 7.83. The first-order valence-electron chi connectivity index (χ1n) is 7.96. The maximum Gasteiger partial charge on any atom is 0.232 e. The predicted molar refractivity (Wildman–Crippen MR) is 96.0 cm³/mol. The second-order valence-electron chi connectivity index (χ2n) is 6.43. The first-order chi connectivity index (χ1) is 10.7. The molecular weight excluding hydrogens is 310 g/mol. The summed E-state index contributed by atoms with van der Waals surface area (Å²) >= 11 is 0. The minimum absolute atomic E-state index is 0.118. The number of benzene rings is 1. The summed E-state index contributed by atoms with van der Waals surface area (Å²) < 4.78 is 26.5. The fourth-order valence-corrected chi connectivity index (χ4v) is 3.43. The quantitative estimate of drug-likeness (QED) is 0.670. The van der Waals surface area contributed by atoms with Gasteiger partial charge in [-0.2, -0.15) is 5.26 Å². The summed E-state index contributed by atoms with van der Waals surface area (Å²) in [5, 5.41) is 12.3. The molecule has 0 saturated heterocycles. The number of anilines is 2. The molecule has 0 saturated carbocycles. The molecule has 128 valence electrons. The average molecular weight is 337 g/mol. The zero-order valence-electron chi connectivity index (χ0n) is 14.4. The SMILES string of the molecule is CCCS(=O)(=O)Nc1cccc(NCCCC(C)(C)C#N)c1C. The lowest BCUT2D eigenvalue weighted by atomic mass is 9.90. The Balaban J connectivity index is 2.69. The Morgan fingerprint density at radius 3 is 2.52 bits per heavy atom. The van der Waals surface area contributed by atoms with Crippen LogP contribution in [0.15, 0.2) is 18.2 Å². The summed E-state index contributed by atoms with van der Waals surface area (Å²) in [5.74, 6) is 0.118. The molecule has 0 unspecified atom stereocenters. The topological polar surface area (TPSA) is 82.0 Å². The molecule has 0 bridgehead atoms. The third kappa shape index (κ3) is 6.49. The molecule has 1 rings (SSSR count). The molecule has 6 heteroatoms. The fraction of sp³-hybridized carbons (Fsp3) is 0.588. The summed E-state index contributed by atoms with van der Waals surface area (Å²) in [7, 11) is -3.29. The van der Waals surface area contributed by atoms with Crippen LogP contribution in [0.25, 0.3) is 0 Å². The van der Waals surface area contributed by atoms with Gasteiger partial charge in [0, 0.05) is 12.2 Å². The molecule has 5 nitrogen and oxygen atoms in total. The third-order valence-corrected chi connectivity index (χ3v) is 5.15. The summed E-state index contributed by atoms with van der Waals surface area (Å²) in [5.41, 5.74) is 2.10. The highest BCUT2D eigenvalue weighted by molar-refractivity contribution is 7.92. The van der Waals surface area contributed by atoms with Gasteiger partial charge in [-0.05, 0) is 57.7 Å². The predicted octanol–water partition coefficient (Wildman–Crippen LogP) is 3.89. The van der Waals surface area contributed by atoms with Crippen molar-refractivity contribution in [2.45, 2.75) is 47.0 Å². The van der Waals surface area contributed by atoms with Crippen molar-refractivity contribution >= 4 is 21.4 Å². The molecular formula is C17H27N3O2S. The van der Waals surface area contributed by atoms with Crippen LogP contribution in [-0.2, 0) is 10.0 Å². The Morgan fingerprint density at radius 2 is 1.91 bits per heavy atom. The highest BCUT2D eigenvalue weighted by Crippen LogP contribution is 2.25. The number of nitrogens with zero attached hydrogens (tertiary/aromatic N) is 1. The molecule has 23 heavy (non-hydrogen) atoms. The summed E-state index contributed by atoms with van der Waals surface area (Å²) in [4.78, 5) is 0. The molecule has 0 aliphatic heterocycles. The van der Waals surface area contributed by atoms with Gasteiger partial charge in [0.05, 0.1) is 22.9 Å². The molecule has 2 N–H and O–H groups in total. The first kappa shape index (κ1) is 19.3. The van der Waals surface area contributed by atoms with E-state index in [1.807, 2.05) is 39.8 Å². The van der Waals surface area contributed by atoms with Crippen LogP contribution in [0.2, 0.25) is 0 Å². The van der Waals surface area contributed by atoms with E-state index >= 15 is 0 Å². The number of sulfonamides is 1. The van der Waals surface area contributed by atoms with E-state index < -0.39 is 10.0 Å². The van der Waals surface area contributed by atoms with Crippen molar-refractivity contribution in [1.82, 2.24) is 0 Å². The molecule has 0 heterocycles. The van der Waals surface area contributed by atoms with E-state index in [-0.39, 0.29) is 11.2 Å². The second kappa shape index (κ2) is 8.21. The molecule has 0 radical (unpaired) electrons. The monoisotopic (exact) mass is 337 g/mol. The standard InChI is InChI=1S/C17H27N3O2S/c1-5-12-23(21,22)20-16-9-6-8-15(14(16)2)19-11-7-10-17(3,4)13-18/h6,8-9,19-20H,5,7,10-12H2,1-4H3. The normalized spacial score (nSPS) is 11.8. The van der Waals surface area contributed by atoms with E-state index in [1.54, 1.807) is 6.07 Å². The maximum atomic E-state index is 11.9. The van der Waals surface area contributed by atoms with Gasteiger partial charge < -0.3 is 5.32 Å². The Bertz CT molecular complexity index is 661. The van der Waals surface area contributed by atoms with E-state index in [2.05, 4.69) is 16.1 Å². The Kier molecular flexibility index (Phi) is 6.89. The minimum Gasteiger partial charge on any atom is -0.385 e. The molecule has 0 aromatic heterocycles. The van der Waals surface area contributed by atoms with E-state index in [0.29, 0.717) is 12.1 Å². The van der Waals surface area contributed by atoms with Gasteiger partial charge in [-0.3, -0.25) is 4.72 Å². The van der Waals surface area contributed by atoms with E-state index in [9.17, 15) is 8.42 Å². The van der Waals surface area contributed by atoms with Crippen molar-refractivity contribution in [1.29, 1.82) is 5.26 Å². The highest BCUT2D eigenvalue weighted by atomic mass is 32.2. The zero-order chi connectivity index (χ0) is 17.5. The maximum absolute atomic E-state index is 11.9. The van der Waals surface area contributed by atoms with Gasteiger partial charge in [0.2, 0.25) is 10.0 Å². The number of nitrogens with one attached hydrogen (secondary N) is 2.